The van der Waals surface area contributed by atoms with Crippen LogP contribution in [-0.4, -0.2) is 13.0 Å². The second-order valence-corrected chi connectivity index (χ2v) is 5.58. The summed E-state index contributed by atoms with van der Waals surface area (Å²) in [7, 11) is 1.59. The van der Waals surface area contributed by atoms with Gasteiger partial charge < -0.3 is 14.8 Å². The van der Waals surface area contributed by atoms with E-state index in [2.05, 4.69) is 5.32 Å². The van der Waals surface area contributed by atoms with E-state index in [0.717, 1.165) is 11.3 Å². The molecular weight excluding hydrogens is 314 g/mol. The molecule has 0 aliphatic carbocycles. The molecule has 126 valence electrons. The van der Waals surface area contributed by atoms with Gasteiger partial charge in [0.25, 0.3) is 5.91 Å². The monoisotopic (exact) mass is 333 g/mol. The molecule has 0 atom stereocenters. The molecule has 1 amide bonds. The summed E-state index contributed by atoms with van der Waals surface area (Å²) >= 11 is 0. The van der Waals surface area contributed by atoms with Crippen LogP contribution in [0.25, 0.3) is 0 Å². The van der Waals surface area contributed by atoms with Crippen LogP contribution in [0.5, 0.6) is 17.2 Å². The van der Waals surface area contributed by atoms with Crippen molar-refractivity contribution in [3.05, 3.63) is 83.9 Å². The Morgan fingerprint density at radius 3 is 2.24 bits per heavy atom. The first kappa shape index (κ1) is 16.6. The highest BCUT2D eigenvalue weighted by atomic mass is 16.5. The number of anilines is 1. The summed E-state index contributed by atoms with van der Waals surface area (Å²) < 4.78 is 11.0. The molecular formula is C21H19NO3. The summed E-state index contributed by atoms with van der Waals surface area (Å²) in [4.78, 5) is 12.4. The Morgan fingerprint density at radius 1 is 0.880 bits per heavy atom. The van der Waals surface area contributed by atoms with Crippen molar-refractivity contribution < 1.29 is 14.3 Å². The van der Waals surface area contributed by atoms with Crippen LogP contribution in [0.3, 0.4) is 0 Å². The molecule has 3 rings (SSSR count). The minimum absolute atomic E-state index is 0.185. The molecule has 0 aromatic heterocycles. The van der Waals surface area contributed by atoms with Gasteiger partial charge in [0.2, 0.25) is 0 Å². The molecule has 0 aliphatic heterocycles. The molecule has 25 heavy (non-hydrogen) atoms. The number of para-hydroxylation sites is 1. The van der Waals surface area contributed by atoms with Gasteiger partial charge in [0, 0.05) is 11.3 Å². The molecule has 0 bridgehead atoms. The first-order valence-corrected chi connectivity index (χ1v) is 7.94. The number of rotatable bonds is 5. The topological polar surface area (TPSA) is 47.6 Å². The lowest BCUT2D eigenvalue weighted by Crippen LogP contribution is -2.12. The molecule has 0 saturated heterocycles. The zero-order chi connectivity index (χ0) is 17.6. The zero-order valence-corrected chi connectivity index (χ0v) is 14.2. The Morgan fingerprint density at radius 2 is 1.56 bits per heavy atom. The van der Waals surface area contributed by atoms with E-state index in [4.69, 9.17) is 9.47 Å². The summed E-state index contributed by atoms with van der Waals surface area (Å²) in [6, 6.07) is 22.2. The van der Waals surface area contributed by atoms with Crippen molar-refractivity contribution in [3.63, 3.8) is 0 Å². The Labute approximate surface area is 147 Å². The molecule has 0 saturated carbocycles. The average molecular weight is 333 g/mol. The minimum atomic E-state index is -0.185. The van der Waals surface area contributed by atoms with Crippen LogP contribution < -0.4 is 14.8 Å². The molecule has 0 spiro atoms. The van der Waals surface area contributed by atoms with Gasteiger partial charge in [-0.3, -0.25) is 4.79 Å². The van der Waals surface area contributed by atoms with E-state index in [1.165, 1.54) is 0 Å². The van der Waals surface area contributed by atoms with Gasteiger partial charge in [-0.25, -0.2) is 0 Å². The van der Waals surface area contributed by atoms with Gasteiger partial charge in [0.05, 0.1) is 7.11 Å². The number of hydrogen-bond donors (Lipinski definition) is 1. The van der Waals surface area contributed by atoms with E-state index in [1.807, 2.05) is 67.6 Å². The third-order valence-corrected chi connectivity index (χ3v) is 3.76. The van der Waals surface area contributed by atoms with Crippen LogP contribution in [0, 0.1) is 6.92 Å². The van der Waals surface area contributed by atoms with E-state index < -0.39 is 0 Å². The van der Waals surface area contributed by atoms with E-state index in [-0.39, 0.29) is 5.91 Å². The average Bonchev–Trinajstić information content (AvgIpc) is 2.64. The van der Waals surface area contributed by atoms with Gasteiger partial charge in [0.15, 0.2) is 0 Å². The lowest BCUT2D eigenvalue weighted by molar-refractivity contribution is 0.102. The van der Waals surface area contributed by atoms with Crippen molar-refractivity contribution in [2.45, 2.75) is 6.92 Å². The van der Waals surface area contributed by atoms with Crippen molar-refractivity contribution in [2.24, 2.45) is 0 Å². The molecule has 4 heteroatoms. The number of hydrogen-bond acceptors (Lipinski definition) is 3. The molecule has 3 aromatic rings. The van der Waals surface area contributed by atoms with Crippen molar-refractivity contribution in [1.29, 1.82) is 0 Å². The molecule has 0 radical (unpaired) electrons. The number of benzene rings is 3. The summed E-state index contributed by atoms with van der Waals surface area (Å²) in [6.07, 6.45) is 0. The van der Waals surface area contributed by atoms with Crippen LogP contribution >= 0.6 is 0 Å². The highest BCUT2D eigenvalue weighted by Crippen LogP contribution is 2.23. The van der Waals surface area contributed by atoms with E-state index in [0.29, 0.717) is 22.7 Å². The SMILES string of the molecule is COc1cc(C(=O)Nc2ccc(Oc3ccccc3)cc2)ccc1C. The van der Waals surface area contributed by atoms with Gasteiger partial charge in [0.1, 0.15) is 17.2 Å². The molecule has 3 aromatic carbocycles. The largest absolute Gasteiger partial charge is 0.496 e. The predicted octanol–water partition coefficient (Wildman–Crippen LogP) is 5.05. The van der Waals surface area contributed by atoms with Gasteiger partial charge in [-0.1, -0.05) is 24.3 Å². The standard InChI is InChI=1S/C21H19NO3/c1-15-8-9-16(14-20(15)24-2)21(23)22-17-10-12-19(13-11-17)25-18-6-4-3-5-7-18/h3-14H,1-2H3,(H,22,23). The zero-order valence-electron chi connectivity index (χ0n) is 14.2. The molecule has 0 unspecified atom stereocenters. The number of carbonyl (C=O) groups excluding carboxylic acids is 1. The first-order chi connectivity index (χ1) is 12.2. The van der Waals surface area contributed by atoms with Crippen LogP contribution in [-0.2, 0) is 0 Å². The lowest BCUT2D eigenvalue weighted by atomic mass is 10.1. The molecule has 0 aliphatic rings. The summed E-state index contributed by atoms with van der Waals surface area (Å²) in [6.45, 7) is 1.94. The van der Waals surface area contributed by atoms with Crippen LogP contribution in [0.15, 0.2) is 72.8 Å². The van der Waals surface area contributed by atoms with Crippen molar-refractivity contribution >= 4 is 11.6 Å². The van der Waals surface area contributed by atoms with Crippen LogP contribution in [0.1, 0.15) is 15.9 Å². The van der Waals surface area contributed by atoms with Gasteiger partial charge in [-0.05, 0) is 61.0 Å². The van der Waals surface area contributed by atoms with Gasteiger partial charge in [-0.15, -0.1) is 0 Å². The van der Waals surface area contributed by atoms with E-state index >= 15 is 0 Å². The maximum atomic E-state index is 12.4. The van der Waals surface area contributed by atoms with E-state index in [1.54, 1.807) is 19.2 Å². The Bertz CT molecular complexity index is 858. The fraction of sp³-hybridized carbons (Fsp3) is 0.0952. The Balaban J connectivity index is 1.68. The van der Waals surface area contributed by atoms with Gasteiger partial charge >= 0.3 is 0 Å². The first-order valence-electron chi connectivity index (χ1n) is 7.94. The number of methoxy groups -OCH3 is 1. The summed E-state index contributed by atoms with van der Waals surface area (Å²) in [5.41, 5.74) is 2.23. The van der Waals surface area contributed by atoms with Crippen LogP contribution in [0.2, 0.25) is 0 Å². The van der Waals surface area contributed by atoms with E-state index in [9.17, 15) is 4.79 Å². The predicted molar refractivity (Wildman–Crippen MR) is 98.6 cm³/mol. The molecule has 0 heterocycles. The number of nitrogens with one attached hydrogen (secondary N) is 1. The summed E-state index contributed by atoms with van der Waals surface area (Å²) in [5, 5.41) is 2.87. The Hall–Kier alpha value is -3.27. The molecule has 1 N–H and O–H groups in total. The van der Waals surface area contributed by atoms with Crippen molar-refractivity contribution in [1.82, 2.24) is 0 Å². The van der Waals surface area contributed by atoms with Gasteiger partial charge in [-0.2, -0.15) is 0 Å². The quantitative estimate of drug-likeness (QED) is 0.711. The maximum Gasteiger partial charge on any atom is 0.255 e. The third kappa shape index (κ3) is 4.18. The summed E-state index contributed by atoms with van der Waals surface area (Å²) in [5.74, 6) is 1.99. The van der Waals surface area contributed by atoms with Crippen LogP contribution in [0.4, 0.5) is 5.69 Å². The number of carbonyl (C=O) groups is 1. The normalized spacial score (nSPS) is 10.2. The van der Waals surface area contributed by atoms with Crippen molar-refractivity contribution in [3.8, 4) is 17.2 Å². The number of amides is 1. The smallest absolute Gasteiger partial charge is 0.255 e. The number of aryl methyl sites for hydroxylation is 1. The maximum absolute atomic E-state index is 12.4. The minimum Gasteiger partial charge on any atom is -0.496 e. The van der Waals surface area contributed by atoms with Crippen molar-refractivity contribution in [2.75, 3.05) is 12.4 Å². The highest BCUT2D eigenvalue weighted by Gasteiger charge is 2.09. The second-order valence-electron chi connectivity index (χ2n) is 5.58. The molecule has 0 fully saturated rings. The third-order valence-electron chi connectivity index (χ3n) is 3.76. The Kier molecular flexibility index (Phi) is 5.00. The highest BCUT2D eigenvalue weighted by molar-refractivity contribution is 6.04. The fourth-order valence-electron chi connectivity index (χ4n) is 2.40. The molecule has 4 nitrogen and oxygen atoms in total. The lowest BCUT2D eigenvalue weighted by Gasteiger charge is -2.10. The fourth-order valence-corrected chi connectivity index (χ4v) is 2.40. The second kappa shape index (κ2) is 7.53. The number of ether oxygens (including phenoxy) is 2.